The van der Waals surface area contributed by atoms with Crippen LogP contribution in [0.25, 0.3) is 10.2 Å². The Morgan fingerprint density at radius 3 is 2.55 bits per heavy atom. The van der Waals surface area contributed by atoms with Crippen LogP contribution in [-0.4, -0.2) is 22.1 Å². The maximum absolute atomic E-state index is 13.4. The van der Waals surface area contributed by atoms with Crippen LogP contribution < -0.4 is 4.90 Å². The number of hydrogen-bond acceptors (Lipinski definition) is 5. The Morgan fingerprint density at radius 1 is 1.14 bits per heavy atom. The van der Waals surface area contributed by atoms with Gasteiger partial charge in [-0.05, 0) is 72.8 Å². The number of nitrogens with zero attached hydrogens (tertiary/aromatic N) is 3. The van der Waals surface area contributed by atoms with Gasteiger partial charge in [0.2, 0.25) is 0 Å². The quantitative estimate of drug-likeness (QED) is 0.346. The maximum Gasteiger partial charge on any atom is 0.260 e. The van der Waals surface area contributed by atoms with Gasteiger partial charge in [0.05, 0.1) is 16.8 Å². The van der Waals surface area contributed by atoms with Crippen molar-refractivity contribution in [3.8, 4) is 0 Å². The number of carbonyl (C=O) groups excluding carboxylic acids is 1. The maximum atomic E-state index is 13.4. The predicted octanol–water partition coefficient (Wildman–Crippen LogP) is 6.22. The van der Waals surface area contributed by atoms with E-state index in [9.17, 15) is 4.79 Å². The van der Waals surface area contributed by atoms with Gasteiger partial charge in [-0.25, -0.2) is 4.98 Å². The van der Waals surface area contributed by atoms with Crippen molar-refractivity contribution in [2.75, 3.05) is 11.2 Å². The van der Waals surface area contributed by atoms with Crippen molar-refractivity contribution in [1.29, 1.82) is 0 Å². The second-order valence-electron chi connectivity index (χ2n) is 6.54. The molecule has 0 radical (unpaired) electrons. The van der Waals surface area contributed by atoms with Crippen LogP contribution in [0.15, 0.2) is 65.8 Å². The Kier molecular flexibility index (Phi) is 5.85. The Hall–Kier alpha value is -2.41. The lowest BCUT2D eigenvalue weighted by Crippen LogP contribution is -2.30. The molecule has 0 aliphatic heterocycles. The van der Waals surface area contributed by atoms with Gasteiger partial charge in [0.15, 0.2) is 5.13 Å². The van der Waals surface area contributed by atoms with Gasteiger partial charge in [-0.3, -0.25) is 14.7 Å². The van der Waals surface area contributed by atoms with E-state index in [1.165, 1.54) is 11.3 Å². The van der Waals surface area contributed by atoms with Crippen LogP contribution in [0.2, 0.25) is 5.02 Å². The molecule has 0 spiro atoms. The normalized spacial score (nSPS) is 11.0. The summed E-state index contributed by atoms with van der Waals surface area (Å²) in [5, 5.41) is 1.32. The summed E-state index contributed by atoms with van der Waals surface area (Å²) >= 11 is 9.34. The van der Waals surface area contributed by atoms with Crippen molar-refractivity contribution in [2.45, 2.75) is 18.4 Å². The van der Waals surface area contributed by atoms with Gasteiger partial charge >= 0.3 is 0 Å². The van der Waals surface area contributed by atoms with E-state index in [2.05, 4.69) is 4.98 Å². The Labute approximate surface area is 182 Å². The molecule has 0 unspecified atom stereocenters. The number of aryl methyl sites for hydroxylation is 1. The molecule has 0 saturated heterocycles. The fraction of sp³-hybridized carbons (Fsp3) is 0.136. The minimum atomic E-state index is -0.0859. The monoisotopic (exact) mass is 439 g/mol. The summed E-state index contributed by atoms with van der Waals surface area (Å²) < 4.78 is 0.968. The molecular formula is C22H18ClN3OS2. The number of hydrogen-bond donors (Lipinski definition) is 0. The van der Waals surface area contributed by atoms with Crippen molar-refractivity contribution in [1.82, 2.24) is 9.97 Å². The number of fused-ring (bicyclic) bond motifs is 1. The second-order valence-corrected chi connectivity index (χ2v) is 8.87. The first kappa shape index (κ1) is 19.9. The molecule has 29 heavy (non-hydrogen) atoms. The second kappa shape index (κ2) is 8.53. The first-order valence-corrected chi connectivity index (χ1v) is 11.4. The zero-order valence-corrected chi connectivity index (χ0v) is 18.3. The number of carbonyl (C=O) groups is 1. The molecule has 2 heterocycles. The molecule has 0 aliphatic rings. The topological polar surface area (TPSA) is 46.1 Å². The number of anilines is 1. The minimum Gasteiger partial charge on any atom is -0.279 e. The van der Waals surface area contributed by atoms with Gasteiger partial charge < -0.3 is 0 Å². The highest BCUT2D eigenvalue weighted by Gasteiger charge is 2.22. The Bertz CT molecular complexity index is 1160. The number of pyridine rings is 1. The number of thioether (sulfide) groups is 1. The summed E-state index contributed by atoms with van der Waals surface area (Å²) in [4.78, 5) is 25.1. The molecule has 4 aromatic rings. The molecular weight excluding hydrogens is 422 g/mol. The number of thiazole rings is 1. The lowest BCUT2D eigenvalue weighted by molar-refractivity contribution is 0.0985. The van der Waals surface area contributed by atoms with E-state index in [1.807, 2.05) is 61.7 Å². The standard InChI is InChI=1S/C22H18ClN3OS2/c1-14-11-17(23)12-19-20(14)25-22(29-19)26(13-15-7-9-24-10-8-15)21(27)16-3-5-18(28-2)6-4-16/h3-12H,13H2,1-2H3. The minimum absolute atomic E-state index is 0.0859. The van der Waals surface area contributed by atoms with E-state index in [-0.39, 0.29) is 5.91 Å². The van der Waals surface area contributed by atoms with Crippen LogP contribution in [0.5, 0.6) is 0 Å². The number of halogens is 1. The van der Waals surface area contributed by atoms with Crippen LogP contribution in [0.3, 0.4) is 0 Å². The SMILES string of the molecule is CSc1ccc(C(=O)N(Cc2ccncc2)c2nc3c(C)cc(Cl)cc3s2)cc1. The first-order chi connectivity index (χ1) is 14.0. The largest absolute Gasteiger partial charge is 0.279 e. The average Bonchev–Trinajstić information content (AvgIpc) is 3.16. The fourth-order valence-corrected chi connectivity index (χ4v) is 4.87. The van der Waals surface area contributed by atoms with E-state index in [4.69, 9.17) is 16.6 Å². The number of rotatable bonds is 5. The highest BCUT2D eigenvalue weighted by Crippen LogP contribution is 2.34. The molecule has 1 amide bonds. The summed E-state index contributed by atoms with van der Waals surface area (Å²) in [6.07, 6.45) is 5.47. The Morgan fingerprint density at radius 2 is 1.86 bits per heavy atom. The first-order valence-electron chi connectivity index (χ1n) is 8.96. The van der Waals surface area contributed by atoms with E-state index in [0.717, 1.165) is 26.2 Å². The van der Waals surface area contributed by atoms with Crippen molar-refractivity contribution < 1.29 is 4.79 Å². The molecule has 146 valence electrons. The van der Waals surface area contributed by atoms with Crippen LogP contribution in [0.1, 0.15) is 21.5 Å². The molecule has 0 N–H and O–H groups in total. The molecule has 2 aromatic carbocycles. The number of aromatic nitrogens is 2. The molecule has 0 fully saturated rings. The Balaban J connectivity index is 1.77. The molecule has 0 atom stereocenters. The summed E-state index contributed by atoms with van der Waals surface area (Å²) in [6, 6.07) is 15.3. The molecule has 7 heteroatoms. The molecule has 4 rings (SSSR count). The molecule has 0 bridgehead atoms. The average molecular weight is 440 g/mol. The fourth-order valence-electron chi connectivity index (χ4n) is 3.04. The summed E-state index contributed by atoms with van der Waals surface area (Å²) in [5.74, 6) is -0.0859. The third-order valence-corrected chi connectivity index (χ3v) is 6.53. The number of benzene rings is 2. The van der Waals surface area contributed by atoms with Crippen LogP contribution in [0, 0.1) is 6.92 Å². The zero-order valence-electron chi connectivity index (χ0n) is 15.9. The molecule has 0 aliphatic carbocycles. The van der Waals surface area contributed by atoms with Gasteiger partial charge in [-0.2, -0.15) is 0 Å². The van der Waals surface area contributed by atoms with Crippen molar-refractivity contribution in [3.05, 3.63) is 82.6 Å². The van der Waals surface area contributed by atoms with Crippen LogP contribution >= 0.6 is 34.7 Å². The van der Waals surface area contributed by atoms with Crippen LogP contribution in [0.4, 0.5) is 5.13 Å². The van der Waals surface area contributed by atoms with Gasteiger partial charge in [0, 0.05) is 27.9 Å². The summed E-state index contributed by atoms with van der Waals surface area (Å²) in [5.41, 5.74) is 3.49. The predicted molar refractivity (Wildman–Crippen MR) is 122 cm³/mol. The zero-order chi connectivity index (χ0) is 20.4. The van der Waals surface area contributed by atoms with Gasteiger partial charge in [0.25, 0.3) is 5.91 Å². The lowest BCUT2D eigenvalue weighted by atomic mass is 10.2. The summed E-state index contributed by atoms with van der Waals surface area (Å²) in [6.45, 7) is 2.39. The van der Waals surface area contributed by atoms with E-state index >= 15 is 0 Å². The van der Waals surface area contributed by atoms with E-state index in [1.54, 1.807) is 29.1 Å². The molecule has 4 nitrogen and oxygen atoms in total. The molecule has 0 saturated carbocycles. The van der Waals surface area contributed by atoms with Crippen molar-refractivity contribution in [2.24, 2.45) is 0 Å². The number of amides is 1. The van der Waals surface area contributed by atoms with Gasteiger partial charge in [-0.1, -0.05) is 22.9 Å². The van der Waals surface area contributed by atoms with Crippen molar-refractivity contribution in [3.63, 3.8) is 0 Å². The third kappa shape index (κ3) is 4.29. The molecule has 2 aromatic heterocycles. The van der Waals surface area contributed by atoms with Gasteiger partial charge in [-0.15, -0.1) is 11.8 Å². The highest BCUT2D eigenvalue weighted by molar-refractivity contribution is 7.98. The van der Waals surface area contributed by atoms with Crippen LogP contribution in [-0.2, 0) is 6.54 Å². The van der Waals surface area contributed by atoms with E-state index in [0.29, 0.717) is 22.3 Å². The lowest BCUT2D eigenvalue weighted by Gasteiger charge is -2.20. The van der Waals surface area contributed by atoms with Gasteiger partial charge in [0.1, 0.15) is 0 Å². The van der Waals surface area contributed by atoms with E-state index < -0.39 is 0 Å². The van der Waals surface area contributed by atoms with Crippen molar-refractivity contribution >= 4 is 56.0 Å². The third-order valence-electron chi connectivity index (χ3n) is 4.54. The smallest absolute Gasteiger partial charge is 0.260 e. The summed E-state index contributed by atoms with van der Waals surface area (Å²) in [7, 11) is 0. The highest BCUT2D eigenvalue weighted by atomic mass is 35.5.